The Morgan fingerprint density at radius 2 is 2.07 bits per heavy atom. The van der Waals surface area contributed by atoms with Crippen molar-refractivity contribution in [3.8, 4) is 0 Å². The number of rotatable bonds is 4. The number of carbonyl (C=O) groups excluding carboxylic acids is 1. The first kappa shape index (κ1) is 19.3. The lowest BCUT2D eigenvalue weighted by Crippen LogP contribution is -2.38. The predicted octanol–water partition coefficient (Wildman–Crippen LogP) is 3.74. The second-order valence-corrected chi connectivity index (χ2v) is 6.96. The van der Waals surface area contributed by atoms with Crippen molar-refractivity contribution in [2.45, 2.75) is 25.1 Å². The molecule has 0 bridgehead atoms. The molecule has 0 aliphatic carbocycles. The van der Waals surface area contributed by atoms with Crippen molar-refractivity contribution in [3.63, 3.8) is 0 Å². The number of benzene rings is 1. The van der Waals surface area contributed by atoms with Crippen LogP contribution in [0, 0.1) is 0 Å². The van der Waals surface area contributed by atoms with Crippen molar-refractivity contribution in [2.24, 2.45) is 0 Å². The number of halogens is 3. The molecule has 2 aromatic rings. The molecule has 29 heavy (non-hydrogen) atoms. The van der Waals surface area contributed by atoms with E-state index in [1.807, 2.05) is 0 Å². The molecule has 0 saturated carbocycles. The molecule has 2 aliphatic rings. The molecule has 3 N–H and O–H groups in total. The molecule has 6 nitrogen and oxygen atoms in total. The van der Waals surface area contributed by atoms with Crippen LogP contribution >= 0.6 is 0 Å². The maximum Gasteiger partial charge on any atom is 0.416 e. The van der Waals surface area contributed by atoms with E-state index >= 15 is 0 Å². The normalized spacial score (nSPS) is 18.7. The molecule has 1 radical (unpaired) electrons. The smallest absolute Gasteiger partial charge is 0.366 e. The van der Waals surface area contributed by atoms with Gasteiger partial charge in [-0.3, -0.25) is 4.79 Å². The third-order valence-electron chi connectivity index (χ3n) is 4.81. The number of pyridine rings is 1. The van der Waals surface area contributed by atoms with Crippen molar-refractivity contribution in [3.05, 3.63) is 53.2 Å². The maximum atomic E-state index is 13.0. The number of amides is 1. The first-order valence-corrected chi connectivity index (χ1v) is 9.28. The second-order valence-electron chi connectivity index (χ2n) is 6.96. The van der Waals surface area contributed by atoms with Crippen molar-refractivity contribution in [1.29, 1.82) is 0 Å². The van der Waals surface area contributed by atoms with E-state index in [4.69, 9.17) is 0 Å². The van der Waals surface area contributed by atoms with Gasteiger partial charge in [-0.15, -0.1) is 0 Å². The van der Waals surface area contributed by atoms with Crippen molar-refractivity contribution >= 4 is 29.3 Å². The molecule has 0 spiro atoms. The Hall–Kier alpha value is -3.07. The number of fused-ring (bicyclic) bond motifs is 1. The van der Waals surface area contributed by atoms with Crippen LogP contribution in [0.4, 0.5) is 30.5 Å². The second kappa shape index (κ2) is 7.75. The molecule has 2 aliphatic heterocycles. The molecule has 1 aromatic heterocycles. The number of hydrogen-bond acceptors (Lipinski definition) is 5. The van der Waals surface area contributed by atoms with Crippen LogP contribution in [0.15, 0.2) is 36.5 Å². The first-order chi connectivity index (χ1) is 13.9. The molecule has 9 heteroatoms. The molecule has 1 amide bonds. The van der Waals surface area contributed by atoms with Gasteiger partial charge in [-0.05, 0) is 55.3 Å². The van der Waals surface area contributed by atoms with Crippen LogP contribution in [-0.4, -0.2) is 30.0 Å². The van der Waals surface area contributed by atoms with Crippen LogP contribution in [0.25, 0.3) is 6.08 Å². The highest BCUT2D eigenvalue weighted by Crippen LogP contribution is 2.33. The summed E-state index contributed by atoms with van der Waals surface area (Å²) in [6.45, 7) is 1.76. The van der Waals surface area contributed by atoms with E-state index < -0.39 is 17.6 Å². The Labute approximate surface area is 165 Å². The lowest BCUT2D eigenvalue weighted by molar-refractivity contribution is -0.137. The average molecular weight is 402 g/mol. The third-order valence-corrected chi connectivity index (χ3v) is 4.81. The molecular formula is C20H19F3N5O. The van der Waals surface area contributed by atoms with Gasteiger partial charge in [0.15, 0.2) is 0 Å². The number of nitrogens with zero attached hydrogens (tertiary/aromatic N) is 2. The summed E-state index contributed by atoms with van der Waals surface area (Å²) in [6.07, 6.45) is 0.641. The predicted molar refractivity (Wildman–Crippen MR) is 104 cm³/mol. The molecule has 1 saturated heterocycles. The van der Waals surface area contributed by atoms with Gasteiger partial charge in [-0.2, -0.15) is 13.2 Å². The van der Waals surface area contributed by atoms with Gasteiger partial charge >= 0.3 is 6.18 Å². The minimum atomic E-state index is -4.46. The summed E-state index contributed by atoms with van der Waals surface area (Å²) < 4.78 is 39.1. The zero-order valence-corrected chi connectivity index (χ0v) is 15.4. The SMILES string of the molecule is O=C1[N]C=Cc2cc(N[C@@H]3CCCNC3)nc(Nc3cccc(C(F)(F)F)c3)c21. The summed E-state index contributed by atoms with van der Waals surface area (Å²) >= 11 is 0. The number of alkyl halides is 3. The van der Waals surface area contributed by atoms with E-state index in [1.54, 1.807) is 12.1 Å². The topological polar surface area (TPSA) is 80.2 Å². The highest BCUT2D eigenvalue weighted by molar-refractivity contribution is 6.05. The van der Waals surface area contributed by atoms with Crippen molar-refractivity contribution < 1.29 is 18.0 Å². The Balaban J connectivity index is 1.68. The van der Waals surface area contributed by atoms with E-state index in [2.05, 4.69) is 26.3 Å². The summed E-state index contributed by atoms with van der Waals surface area (Å²) in [5, 5.41) is 13.3. The first-order valence-electron chi connectivity index (χ1n) is 9.28. The highest BCUT2D eigenvalue weighted by atomic mass is 19.4. The van der Waals surface area contributed by atoms with Crippen LogP contribution in [0.3, 0.4) is 0 Å². The van der Waals surface area contributed by atoms with Crippen LogP contribution in [-0.2, 0) is 6.18 Å². The van der Waals surface area contributed by atoms with Gasteiger partial charge in [0.05, 0.1) is 11.1 Å². The molecule has 3 heterocycles. The van der Waals surface area contributed by atoms with Gasteiger partial charge in [0.2, 0.25) is 0 Å². The number of anilines is 3. The van der Waals surface area contributed by atoms with E-state index in [0.29, 0.717) is 11.4 Å². The average Bonchev–Trinajstić information content (AvgIpc) is 2.68. The molecule has 4 rings (SSSR count). The van der Waals surface area contributed by atoms with Crippen LogP contribution in [0.2, 0.25) is 0 Å². The van der Waals surface area contributed by atoms with Crippen molar-refractivity contribution in [1.82, 2.24) is 15.6 Å². The number of aromatic nitrogens is 1. The van der Waals surface area contributed by atoms with Gasteiger partial charge in [0.1, 0.15) is 11.6 Å². The van der Waals surface area contributed by atoms with E-state index in [0.717, 1.165) is 38.1 Å². The quantitative estimate of drug-likeness (QED) is 0.726. The third kappa shape index (κ3) is 4.34. The summed E-state index contributed by atoms with van der Waals surface area (Å²) in [5.74, 6) is 0.229. The van der Waals surface area contributed by atoms with Gasteiger partial charge in [0, 0.05) is 24.5 Å². The number of carbonyl (C=O) groups is 1. The zero-order valence-electron chi connectivity index (χ0n) is 15.4. The number of nitrogens with one attached hydrogen (secondary N) is 3. The lowest BCUT2D eigenvalue weighted by Gasteiger charge is -2.25. The summed E-state index contributed by atoms with van der Waals surface area (Å²) in [6, 6.07) is 6.72. The van der Waals surface area contributed by atoms with Crippen LogP contribution in [0.5, 0.6) is 0 Å². The Kier molecular flexibility index (Phi) is 5.14. The van der Waals surface area contributed by atoms with Crippen molar-refractivity contribution in [2.75, 3.05) is 23.7 Å². The fourth-order valence-electron chi connectivity index (χ4n) is 3.43. The maximum absolute atomic E-state index is 13.0. The molecule has 0 unspecified atom stereocenters. The molecule has 1 atom stereocenters. The van der Waals surface area contributed by atoms with E-state index in [1.165, 1.54) is 18.3 Å². The van der Waals surface area contributed by atoms with Crippen LogP contribution < -0.4 is 21.3 Å². The van der Waals surface area contributed by atoms with Crippen LogP contribution in [0.1, 0.15) is 34.3 Å². The zero-order chi connectivity index (χ0) is 20.4. The van der Waals surface area contributed by atoms with E-state index in [9.17, 15) is 18.0 Å². The van der Waals surface area contributed by atoms with Gasteiger partial charge in [-0.25, -0.2) is 10.3 Å². The summed E-state index contributed by atoms with van der Waals surface area (Å²) in [4.78, 5) is 16.8. The Morgan fingerprint density at radius 3 is 2.83 bits per heavy atom. The minimum absolute atomic E-state index is 0.172. The highest BCUT2D eigenvalue weighted by Gasteiger charge is 2.30. The van der Waals surface area contributed by atoms with Gasteiger partial charge in [0.25, 0.3) is 5.91 Å². The van der Waals surface area contributed by atoms with E-state index in [-0.39, 0.29) is 23.1 Å². The summed E-state index contributed by atoms with van der Waals surface area (Å²) in [5.41, 5.74) is 0.251. The van der Waals surface area contributed by atoms with Gasteiger partial charge in [-0.1, -0.05) is 6.07 Å². The minimum Gasteiger partial charge on any atom is -0.366 e. The summed E-state index contributed by atoms with van der Waals surface area (Å²) in [7, 11) is 0. The monoisotopic (exact) mass is 402 g/mol. The molecule has 1 aromatic carbocycles. The lowest BCUT2D eigenvalue weighted by atomic mass is 10.0. The Bertz CT molecular complexity index is 952. The fraction of sp³-hybridized carbons (Fsp3) is 0.300. The standard InChI is InChI=1S/C20H19F3N5O/c21-20(22,23)13-3-1-4-14(10-13)27-18-17-12(6-8-25-19(17)29)9-16(28-18)26-15-5-2-7-24-11-15/h1,3-4,6,8-10,15,24H,2,5,7,11H2,(H2,26,27,28)/t15-/m1/s1. The van der Waals surface area contributed by atoms with Gasteiger partial charge < -0.3 is 16.0 Å². The largest absolute Gasteiger partial charge is 0.416 e. The molecule has 151 valence electrons. The Morgan fingerprint density at radius 1 is 1.21 bits per heavy atom. The number of piperidine rings is 1. The molecular weight excluding hydrogens is 383 g/mol. The number of hydrogen-bond donors (Lipinski definition) is 3. The molecule has 1 fully saturated rings. The fourth-order valence-corrected chi connectivity index (χ4v) is 3.43.